The van der Waals surface area contributed by atoms with Crippen LogP contribution >= 0.6 is 0 Å². The van der Waals surface area contributed by atoms with E-state index < -0.39 is 12.0 Å². The second kappa shape index (κ2) is 6.44. The topological polar surface area (TPSA) is 78.9 Å². The zero-order valence-corrected chi connectivity index (χ0v) is 10.3. The SMILES string of the molecule is COCC1CCN(C(=O)NC(C)C(=O)O)CC1. The van der Waals surface area contributed by atoms with Crippen LogP contribution in [0, 0.1) is 5.92 Å². The van der Waals surface area contributed by atoms with Crippen LogP contribution in [0.15, 0.2) is 0 Å². The molecule has 2 N–H and O–H groups in total. The molecule has 1 aliphatic heterocycles. The number of rotatable bonds is 4. The number of piperidine rings is 1. The van der Waals surface area contributed by atoms with E-state index in [2.05, 4.69) is 5.32 Å². The molecule has 1 aliphatic rings. The van der Waals surface area contributed by atoms with Crippen molar-refractivity contribution >= 4 is 12.0 Å². The van der Waals surface area contributed by atoms with Gasteiger partial charge < -0.3 is 20.1 Å². The van der Waals surface area contributed by atoms with Crippen LogP contribution < -0.4 is 5.32 Å². The number of nitrogens with one attached hydrogen (secondary N) is 1. The molecule has 1 saturated heterocycles. The van der Waals surface area contributed by atoms with Gasteiger partial charge in [-0.2, -0.15) is 0 Å². The maximum Gasteiger partial charge on any atom is 0.325 e. The highest BCUT2D eigenvalue weighted by atomic mass is 16.5. The fourth-order valence-electron chi connectivity index (χ4n) is 1.88. The Labute approximate surface area is 101 Å². The summed E-state index contributed by atoms with van der Waals surface area (Å²) < 4.78 is 5.08. The highest BCUT2D eigenvalue weighted by Crippen LogP contribution is 2.17. The number of likely N-dealkylation sites (tertiary alicyclic amines) is 1. The lowest BCUT2D eigenvalue weighted by Gasteiger charge is -2.32. The predicted octanol–water partition coefficient (Wildman–Crippen LogP) is 0.527. The van der Waals surface area contributed by atoms with Crippen LogP contribution in [0.2, 0.25) is 0 Å². The number of amides is 2. The van der Waals surface area contributed by atoms with E-state index in [1.807, 2.05) is 0 Å². The Balaban J connectivity index is 2.33. The van der Waals surface area contributed by atoms with Gasteiger partial charge in [0.2, 0.25) is 0 Å². The molecule has 0 aromatic rings. The van der Waals surface area contributed by atoms with E-state index in [-0.39, 0.29) is 6.03 Å². The van der Waals surface area contributed by atoms with Crippen LogP contribution in [0.3, 0.4) is 0 Å². The summed E-state index contributed by atoms with van der Waals surface area (Å²) in [6, 6.07) is -1.14. The Morgan fingerprint density at radius 3 is 2.53 bits per heavy atom. The van der Waals surface area contributed by atoms with E-state index in [1.165, 1.54) is 6.92 Å². The second-order valence-electron chi connectivity index (χ2n) is 4.40. The first-order valence-corrected chi connectivity index (χ1v) is 5.81. The molecule has 0 radical (unpaired) electrons. The van der Waals surface area contributed by atoms with E-state index in [0.29, 0.717) is 19.0 Å². The molecule has 98 valence electrons. The molecule has 1 fully saturated rings. The van der Waals surface area contributed by atoms with Gasteiger partial charge in [-0.1, -0.05) is 0 Å². The number of urea groups is 1. The molecule has 0 aliphatic carbocycles. The summed E-state index contributed by atoms with van der Waals surface area (Å²) in [5, 5.41) is 11.1. The van der Waals surface area contributed by atoms with E-state index in [1.54, 1.807) is 12.0 Å². The molecule has 1 unspecified atom stereocenters. The summed E-state index contributed by atoms with van der Waals surface area (Å²) in [5.41, 5.74) is 0. The van der Waals surface area contributed by atoms with Crippen molar-refractivity contribution in [2.24, 2.45) is 5.92 Å². The number of carbonyl (C=O) groups excluding carboxylic acids is 1. The molecule has 0 aromatic heterocycles. The Hall–Kier alpha value is -1.30. The van der Waals surface area contributed by atoms with Crippen molar-refractivity contribution in [2.45, 2.75) is 25.8 Å². The maximum absolute atomic E-state index is 11.7. The molecule has 0 aromatic carbocycles. The summed E-state index contributed by atoms with van der Waals surface area (Å²) in [6.45, 7) is 3.50. The number of carboxylic acid groups (broad SMARTS) is 1. The molecular formula is C11H20N2O4. The highest BCUT2D eigenvalue weighted by molar-refractivity contribution is 5.82. The largest absolute Gasteiger partial charge is 0.480 e. The van der Waals surface area contributed by atoms with Crippen molar-refractivity contribution in [3.05, 3.63) is 0 Å². The van der Waals surface area contributed by atoms with Crippen molar-refractivity contribution in [2.75, 3.05) is 26.8 Å². The molecule has 1 heterocycles. The summed E-state index contributed by atoms with van der Waals surface area (Å²) in [4.78, 5) is 24.0. The fraction of sp³-hybridized carbons (Fsp3) is 0.818. The average molecular weight is 244 g/mol. The zero-order valence-electron chi connectivity index (χ0n) is 10.3. The number of hydrogen-bond acceptors (Lipinski definition) is 3. The van der Waals surface area contributed by atoms with Gasteiger partial charge in [-0.15, -0.1) is 0 Å². The third-order valence-corrected chi connectivity index (χ3v) is 3.01. The number of ether oxygens (including phenoxy) is 1. The molecule has 6 nitrogen and oxygen atoms in total. The smallest absolute Gasteiger partial charge is 0.325 e. The van der Waals surface area contributed by atoms with Gasteiger partial charge in [0.15, 0.2) is 0 Å². The van der Waals surface area contributed by atoms with Crippen LogP contribution in [0.25, 0.3) is 0 Å². The van der Waals surface area contributed by atoms with Gasteiger partial charge >= 0.3 is 12.0 Å². The fourth-order valence-corrected chi connectivity index (χ4v) is 1.88. The number of aliphatic carboxylic acids is 1. The molecule has 0 saturated carbocycles. The molecule has 6 heteroatoms. The van der Waals surface area contributed by atoms with Gasteiger partial charge in [-0.3, -0.25) is 4.79 Å². The summed E-state index contributed by atoms with van der Waals surface area (Å²) >= 11 is 0. The standard InChI is InChI=1S/C11H20N2O4/c1-8(10(14)15)12-11(16)13-5-3-9(4-6-13)7-17-2/h8-9H,3-7H2,1-2H3,(H,12,16)(H,14,15). The van der Waals surface area contributed by atoms with Crippen molar-refractivity contribution in [3.8, 4) is 0 Å². The summed E-state index contributed by atoms with van der Waals surface area (Å²) in [5.74, 6) is -0.520. The van der Waals surface area contributed by atoms with Crippen LogP contribution in [0.5, 0.6) is 0 Å². The molecular weight excluding hydrogens is 224 g/mol. The number of hydrogen-bond donors (Lipinski definition) is 2. The number of carboxylic acids is 1. The van der Waals surface area contributed by atoms with Crippen molar-refractivity contribution in [1.29, 1.82) is 0 Å². The van der Waals surface area contributed by atoms with Crippen molar-refractivity contribution in [1.82, 2.24) is 10.2 Å². The van der Waals surface area contributed by atoms with Gasteiger partial charge in [0.1, 0.15) is 6.04 Å². The van der Waals surface area contributed by atoms with E-state index in [9.17, 15) is 9.59 Å². The first-order chi connectivity index (χ1) is 8.04. The normalized spacial score (nSPS) is 18.8. The lowest BCUT2D eigenvalue weighted by atomic mass is 9.98. The molecule has 1 atom stereocenters. The minimum absolute atomic E-state index is 0.296. The molecule has 17 heavy (non-hydrogen) atoms. The number of nitrogens with zero attached hydrogens (tertiary/aromatic N) is 1. The third-order valence-electron chi connectivity index (χ3n) is 3.01. The Morgan fingerprint density at radius 1 is 1.47 bits per heavy atom. The quantitative estimate of drug-likeness (QED) is 0.756. The molecule has 1 rings (SSSR count). The predicted molar refractivity (Wildman–Crippen MR) is 61.8 cm³/mol. The molecule has 2 amide bonds. The highest BCUT2D eigenvalue weighted by Gasteiger charge is 2.24. The Bertz CT molecular complexity index is 275. The monoisotopic (exact) mass is 244 g/mol. The minimum Gasteiger partial charge on any atom is -0.480 e. The van der Waals surface area contributed by atoms with Gasteiger partial charge in [0.25, 0.3) is 0 Å². The van der Waals surface area contributed by atoms with Crippen molar-refractivity contribution < 1.29 is 19.4 Å². The van der Waals surface area contributed by atoms with Crippen LogP contribution in [-0.2, 0) is 9.53 Å². The third kappa shape index (κ3) is 4.22. The molecule has 0 bridgehead atoms. The van der Waals surface area contributed by atoms with Gasteiger partial charge in [-0.25, -0.2) is 4.79 Å². The van der Waals surface area contributed by atoms with Crippen LogP contribution in [0.1, 0.15) is 19.8 Å². The van der Waals surface area contributed by atoms with Crippen molar-refractivity contribution in [3.63, 3.8) is 0 Å². The lowest BCUT2D eigenvalue weighted by molar-refractivity contribution is -0.138. The maximum atomic E-state index is 11.7. The van der Waals surface area contributed by atoms with Gasteiger partial charge in [0.05, 0.1) is 0 Å². The van der Waals surface area contributed by atoms with E-state index in [0.717, 1.165) is 19.4 Å². The second-order valence-corrected chi connectivity index (χ2v) is 4.40. The van der Waals surface area contributed by atoms with Crippen LogP contribution in [0.4, 0.5) is 4.79 Å². The minimum atomic E-state index is -1.02. The first kappa shape index (κ1) is 13.8. The Kier molecular flexibility index (Phi) is 5.21. The zero-order chi connectivity index (χ0) is 12.8. The van der Waals surface area contributed by atoms with Crippen LogP contribution in [-0.4, -0.2) is 54.9 Å². The average Bonchev–Trinajstić information content (AvgIpc) is 2.30. The van der Waals surface area contributed by atoms with Gasteiger partial charge in [-0.05, 0) is 25.7 Å². The van der Waals surface area contributed by atoms with Gasteiger partial charge in [0, 0.05) is 26.8 Å². The number of methoxy groups -OCH3 is 1. The lowest BCUT2D eigenvalue weighted by Crippen LogP contribution is -2.49. The van der Waals surface area contributed by atoms with E-state index in [4.69, 9.17) is 9.84 Å². The number of carbonyl (C=O) groups is 2. The molecule has 0 spiro atoms. The summed E-state index contributed by atoms with van der Waals surface area (Å²) in [6.07, 6.45) is 1.81. The Morgan fingerprint density at radius 2 is 2.06 bits per heavy atom. The summed E-state index contributed by atoms with van der Waals surface area (Å²) in [7, 11) is 1.67. The van der Waals surface area contributed by atoms with E-state index >= 15 is 0 Å². The first-order valence-electron chi connectivity index (χ1n) is 5.81.